The van der Waals surface area contributed by atoms with E-state index in [1.165, 1.54) is 0 Å². The number of hydrogen-bond donors (Lipinski definition) is 3. The van der Waals surface area contributed by atoms with E-state index in [2.05, 4.69) is 21.2 Å². The smallest absolute Gasteiger partial charge is 0.0693 e. The van der Waals surface area contributed by atoms with Crippen LogP contribution in [0.5, 0.6) is 0 Å². The fourth-order valence-corrected chi connectivity index (χ4v) is 3.47. The molecule has 0 radical (unpaired) electrons. The molecule has 1 aromatic heterocycles. The molecular formula is C9H13BrN2OS. The Morgan fingerprint density at radius 2 is 2.57 bits per heavy atom. The van der Waals surface area contributed by atoms with Gasteiger partial charge in [-0.05, 0) is 22.0 Å². The van der Waals surface area contributed by atoms with E-state index >= 15 is 0 Å². The van der Waals surface area contributed by atoms with Crippen LogP contribution in [0.1, 0.15) is 4.88 Å². The van der Waals surface area contributed by atoms with Crippen LogP contribution in [-0.2, 0) is 5.54 Å². The van der Waals surface area contributed by atoms with Crippen molar-refractivity contribution in [2.75, 3.05) is 19.7 Å². The van der Waals surface area contributed by atoms with E-state index in [-0.39, 0.29) is 12.5 Å². The van der Waals surface area contributed by atoms with Crippen LogP contribution in [0.3, 0.4) is 0 Å². The highest BCUT2D eigenvalue weighted by Gasteiger charge is 2.41. The van der Waals surface area contributed by atoms with Crippen molar-refractivity contribution in [3.63, 3.8) is 0 Å². The minimum Gasteiger partial charge on any atom is -0.396 e. The number of aliphatic hydroxyl groups excluding tert-OH is 1. The van der Waals surface area contributed by atoms with Gasteiger partial charge in [-0.15, -0.1) is 11.3 Å². The molecule has 1 fully saturated rings. The summed E-state index contributed by atoms with van der Waals surface area (Å²) in [6.45, 7) is 1.67. The molecule has 1 aliphatic rings. The quantitative estimate of drug-likeness (QED) is 0.752. The van der Waals surface area contributed by atoms with Crippen molar-refractivity contribution >= 4 is 27.3 Å². The number of thiophene rings is 1. The molecule has 0 saturated carbocycles. The predicted molar refractivity (Wildman–Crippen MR) is 61.3 cm³/mol. The third-order valence-electron chi connectivity index (χ3n) is 2.78. The Balaban J connectivity index is 2.31. The van der Waals surface area contributed by atoms with E-state index in [1.54, 1.807) is 11.3 Å². The summed E-state index contributed by atoms with van der Waals surface area (Å²) >= 11 is 5.06. The fraction of sp³-hybridized carbons (Fsp3) is 0.556. The van der Waals surface area contributed by atoms with E-state index < -0.39 is 5.54 Å². The number of aliphatic hydroxyl groups is 1. The maximum Gasteiger partial charge on any atom is 0.0693 e. The van der Waals surface area contributed by atoms with Gasteiger partial charge in [-0.1, -0.05) is 0 Å². The number of hydrogen-bond acceptors (Lipinski definition) is 4. The SMILES string of the molecule is NC1(c2cc(Br)cs2)CNCC1CO. The molecule has 78 valence electrons. The van der Waals surface area contributed by atoms with Crippen molar-refractivity contribution < 1.29 is 5.11 Å². The molecule has 2 unspecified atom stereocenters. The Morgan fingerprint density at radius 3 is 3.14 bits per heavy atom. The summed E-state index contributed by atoms with van der Waals surface area (Å²) in [6, 6.07) is 2.04. The van der Waals surface area contributed by atoms with Gasteiger partial charge in [0.2, 0.25) is 0 Å². The largest absolute Gasteiger partial charge is 0.396 e. The van der Waals surface area contributed by atoms with Crippen LogP contribution in [-0.4, -0.2) is 24.8 Å². The van der Waals surface area contributed by atoms with E-state index in [4.69, 9.17) is 5.73 Å². The molecule has 0 amide bonds. The Bertz CT molecular complexity index is 330. The molecule has 14 heavy (non-hydrogen) atoms. The minimum atomic E-state index is -0.397. The summed E-state index contributed by atoms with van der Waals surface area (Å²) in [5.41, 5.74) is 5.92. The summed E-state index contributed by atoms with van der Waals surface area (Å²) in [6.07, 6.45) is 0. The van der Waals surface area contributed by atoms with Gasteiger partial charge in [-0.25, -0.2) is 0 Å². The zero-order valence-electron chi connectivity index (χ0n) is 7.66. The molecule has 0 bridgehead atoms. The van der Waals surface area contributed by atoms with Gasteiger partial charge >= 0.3 is 0 Å². The molecule has 5 heteroatoms. The van der Waals surface area contributed by atoms with Crippen LogP contribution >= 0.6 is 27.3 Å². The second-order valence-electron chi connectivity index (χ2n) is 3.68. The third-order valence-corrected chi connectivity index (χ3v) is 4.67. The van der Waals surface area contributed by atoms with Crippen molar-refractivity contribution in [1.29, 1.82) is 0 Å². The van der Waals surface area contributed by atoms with Gasteiger partial charge in [0.25, 0.3) is 0 Å². The average Bonchev–Trinajstić information content (AvgIpc) is 2.72. The first-order valence-corrected chi connectivity index (χ1v) is 6.19. The lowest BCUT2D eigenvalue weighted by molar-refractivity contribution is 0.189. The molecule has 1 saturated heterocycles. The second kappa shape index (κ2) is 3.90. The van der Waals surface area contributed by atoms with E-state index in [1.807, 2.05) is 11.4 Å². The highest BCUT2D eigenvalue weighted by atomic mass is 79.9. The van der Waals surface area contributed by atoms with E-state index in [0.717, 1.165) is 22.4 Å². The molecule has 1 aromatic rings. The van der Waals surface area contributed by atoms with Gasteiger partial charge in [-0.2, -0.15) is 0 Å². The lowest BCUT2D eigenvalue weighted by atomic mass is 9.87. The molecule has 0 aliphatic carbocycles. The molecule has 0 spiro atoms. The second-order valence-corrected chi connectivity index (χ2v) is 5.51. The molecule has 2 atom stereocenters. The monoisotopic (exact) mass is 276 g/mol. The van der Waals surface area contributed by atoms with Crippen LogP contribution in [0, 0.1) is 5.92 Å². The summed E-state index contributed by atoms with van der Waals surface area (Å²) in [7, 11) is 0. The predicted octanol–water partition coefficient (Wildman–Crippen LogP) is 0.876. The summed E-state index contributed by atoms with van der Waals surface area (Å²) in [4.78, 5) is 1.13. The third kappa shape index (κ3) is 1.63. The zero-order valence-corrected chi connectivity index (χ0v) is 10.1. The molecule has 1 aliphatic heterocycles. The Morgan fingerprint density at radius 1 is 1.79 bits per heavy atom. The highest BCUT2D eigenvalue weighted by molar-refractivity contribution is 9.10. The normalized spacial score (nSPS) is 32.4. The average molecular weight is 277 g/mol. The first-order chi connectivity index (χ1) is 6.66. The van der Waals surface area contributed by atoms with Gasteiger partial charge in [-0.3, -0.25) is 0 Å². The number of rotatable bonds is 2. The van der Waals surface area contributed by atoms with Crippen molar-refractivity contribution in [2.45, 2.75) is 5.54 Å². The van der Waals surface area contributed by atoms with Crippen molar-refractivity contribution in [1.82, 2.24) is 5.32 Å². The van der Waals surface area contributed by atoms with E-state index in [0.29, 0.717) is 0 Å². The Labute approximate surface area is 95.4 Å². The van der Waals surface area contributed by atoms with Gasteiger partial charge in [0.05, 0.1) is 5.54 Å². The highest BCUT2D eigenvalue weighted by Crippen LogP contribution is 2.35. The molecule has 2 heterocycles. The summed E-state index contributed by atoms with van der Waals surface area (Å²) < 4.78 is 1.06. The lowest BCUT2D eigenvalue weighted by Gasteiger charge is -2.27. The van der Waals surface area contributed by atoms with Crippen LogP contribution in [0.4, 0.5) is 0 Å². The summed E-state index contributed by atoms with van der Waals surface area (Å²) in [5, 5.41) is 14.5. The van der Waals surface area contributed by atoms with Crippen LogP contribution in [0.15, 0.2) is 15.9 Å². The van der Waals surface area contributed by atoms with Crippen molar-refractivity contribution in [2.24, 2.45) is 11.7 Å². The first kappa shape index (κ1) is 10.6. The Kier molecular flexibility index (Phi) is 2.95. The van der Waals surface area contributed by atoms with Crippen LogP contribution < -0.4 is 11.1 Å². The Hall–Kier alpha value is 0.0600. The molecule has 2 rings (SSSR count). The van der Waals surface area contributed by atoms with Gasteiger partial charge in [0, 0.05) is 40.3 Å². The maximum absolute atomic E-state index is 9.24. The van der Waals surface area contributed by atoms with Crippen LogP contribution in [0.25, 0.3) is 0 Å². The molecule has 3 nitrogen and oxygen atoms in total. The first-order valence-electron chi connectivity index (χ1n) is 4.52. The summed E-state index contributed by atoms with van der Waals surface area (Å²) in [5.74, 6) is 0.119. The molecule has 4 N–H and O–H groups in total. The minimum absolute atomic E-state index is 0.119. The van der Waals surface area contributed by atoms with Gasteiger partial charge in [0.1, 0.15) is 0 Å². The molecular weight excluding hydrogens is 264 g/mol. The van der Waals surface area contributed by atoms with E-state index in [9.17, 15) is 5.11 Å². The van der Waals surface area contributed by atoms with Crippen molar-refractivity contribution in [3.05, 3.63) is 20.8 Å². The zero-order chi connectivity index (χ0) is 10.2. The number of nitrogens with one attached hydrogen (secondary N) is 1. The van der Waals surface area contributed by atoms with Gasteiger partial charge < -0.3 is 16.2 Å². The maximum atomic E-state index is 9.24. The lowest BCUT2D eigenvalue weighted by Crippen LogP contribution is -2.45. The number of nitrogens with two attached hydrogens (primary N) is 1. The topological polar surface area (TPSA) is 58.3 Å². The number of halogens is 1. The standard InChI is InChI=1S/C9H13BrN2OS/c10-7-1-8(14-4-7)9(11)5-12-2-6(9)3-13/h1,4,6,12-13H,2-3,5,11H2. The molecule has 0 aromatic carbocycles. The van der Waals surface area contributed by atoms with Gasteiger partial charge in [0.15, 0.2) is 0 Å². The van der Waals surface area contributed by atoms with Crippen LogP contribution in [0.2, 0.25) is 0 Å². The fourth-order valence-electron chi connectivity index (χ4n) is 1.85. The van der Waals surface area contributed by atoms with Crippen molar-refractivity contribution in [3.8, 4) is 0 Å².